The number of amides is 1. The quantitative estimate of drug-likeness (QED) is 0.752. The number of aromatic nitrogens is 4. The first-order chi connectivity index (χ1) is 10.8. The third kappa shape index (κ3) is 3.76. The largest absolute Gasteiger partial charge is 0.354 e. The zero-order chi connectivity index (χ0) is 15.2. The van der Waals surface area contributed by atoms with Crippen molar-refractivity contribution < 1.29 is 4.79 Å². The maximum atomic E-state index is 11.9. The summed E-state index contributed by atoms with van der Waals surface area (Å²) < 4.78 is 0. The van der Waals surface area contributed by atoms with Crippen LogP contribution in [0.1, 0.15) is 5.56 Å². The molecular formula is C15H15N5OS. The number of carbonyl (C=O) groups is 1. The number of thiophene rings is 1. The summed E-state index contributed by atoms with van der Waals surface area (Å²) in [5, 5.41) is 18.8. The minimum Gasteiger partial charge on any atom is -0.354 e. The van der Waals surface area contributed by atoms with Crippen LogP contribution in [0.15, 0.2) is 47.2 Å². The number of tetrazole rings is 1. The summed E-state index contributed by atoms with van der Waals surface area (Å²) in [5.74, 6) is 0.420. The molecule has 1 amide bonds. The summed E-state index contributed by atoms with van der Waals surface area (Å²) in [6.07, 6.45) is 0.803. The minimum atomic E-state index is -0.120. The lowest BCUT2D eigenvalue weighted by Gasteiger charge is -2.04. The second-order valence-electron chi connectivity index (χ2n) is 4.74. The van der Waals surface area contributed by atoms with Crippen LogP contribution < -0.4 is 5.32 Å². The number of carbonyl (C=O) groups excluding carboxylic acids is 1. The molecule has 0 saturated heterocycles. The van der Waals surface area contributed by atoms with Crippen molar-refractivity contribution in [2.24, 2.45) is 0 Å². The highest BCUT2D eigenvalue weighted by molar-refractivity contribution is 7.08. The van der Waals surface area contributed by atoms with Crippen LogP contribution in [0.25, 0.3) is 11.4 Å². The van der Waals surface area contributed by atoms with Crippen LogP contribution in [-0.4, -0.2) is 32.7 Å². The van der Waals surface area contributed by atoms with Crippen LogP contribution in [-0.2, 0) is 17.8 Å². The second-order valence-corrected chi connectivity index (χ2v) is 5.52. The molecule has 0 radical (unpaired) electrons. The third-order valence-corrected chi connectivity index (χ3v) is 3.78. The fourth-order valence-electron chi connectivity index (χ4n) is 1.99. The molecule has 6 nitrogen and oxygen atoms in total. The summed E-state index contributed by atoms with van der Waals surface area (Å²) >= 11 is 1.57. The van der Waals surface area contributed by atoms with Gasteiger partial charge in [-0.1, -0.05) is 30.3 Å². The topological polar surface area (TPSA) is 72.7 Å². The van der Waals surface area contributed by atoms with Gasteiger partial charge in [-0.25, -0.2) is 0 Å². The average Bonchev–Trinajstić information content (AvgIpc) is 3.19. The van der Waals surface area contributed by atoms with E-state index in [0.717, 1.165) is 12.0 Å². The molecule has 7 heteroatoms. The van der Waals surface area contributed by atoms with Gasteiger partial charge < -0.3 is 5.32 Å². The molecule has 0 unspecified atom stereocenters. The van der Waals surface area contributed by atoms with E-state index in [1.54, 1.807) is 11.3 Å². The van der Waals surface area contributed by atoms with Crippen molar-refractivity contribution in [2.45, 2.75) is 13.0 Å². The molecule has 3 rings (SSSR count). The predicted octanol–water partition coefficient (Wildman–Crippen LogP) is 1.76. The lowest BCUT2D eigenvalue weighted by atomic mass is 10.1. The fraction of sp³-hybridized carbons (Fsp3) is 0.200. The Balaban J connectivity index is 1.48. The van der Waals surface area contributed by atoms with Crippen molar-refractivity contribution in [2.75, 3.05) is 6.54 Å². The Morgan fingerprint density at radius 1 is 1.23 bits per heavy atom. The molecule has 0 fully saturated rings. The molecule has 112 valence electrons. The van der Waals surface area contributed by atoms with Crippen molar-refractivity contribution in [1.29, 1.82) is 0 Å². The monoisotopic (exact) mass is 313 g/mol. The summed E-state index contributed by atoms with van der Waals surface area (Å²) in [6, 6.07) is 12.0. The van der Waals surface area contributed by atoms with Gasteiger partial charge in [0.1, 0.15) is 6.54 Å². The van der Waals surface area contributed by atoms with Gasteiger partial charge in [0.2, 0.25) is 11.7 Å². The summed E-state index contributed by atoms with van der Waals surface area (Å²) in [7, 11) is 0. The Morgan fingerprint density at radius 2 is 2.09 bits per heavy atom. The molecule has 0 aliphatic carbocycles. The normalized spacial score (nSPS) is 10.5. The van der Waals surface area contributed by atoms with Crippen LogP contribution >= 0.6 is 11.3 Å². The van der Waals surface area contributed by atoms with Crippen LogP contribution in [0.4, 0.5) is 0 Å². The minimum absolute atomic E-state index is 0.0753. The van der Waals surface area contributed by atoms with E-state index in [-0.39, 0.29) is 12.5 Å². The molecule has 2 aromatic heterocycles. The zero-order valence-corrected chi connectivity index (χ0v) is 12.7. The Hall–Kier alpha value is -2.54. The van der Waals surface area contributed by atoms with Crippen molar-refractivity contribution in [3.8, 4) is 11.4 Å². The van der Waals surface area contributed by atoms with E-state index < -0.39 is 0 Å². The van der Waals surface area contributed by atoms with Gasteiger partial charge in [0.25, 0.3) is 0 Å². The SMILES string of the molecule is O=C(Cn1nnc(-c2ccsc2)n1)NCCc1ccccc1. The highest BCUT2D eigenvalue weighted by Crippen LogP contribution is 2.16. The van der Waals surface area contributed by atoms with E-state index in [1.165, 1.54) is 10.4 Å². The summed E-state index contributed by atoms with van der Waals surface area (Å²) in [4.78, 5) is 13.2. The molecule has 22 heavy (non-hydrogen) atoms. The molecule has 2 heterocycles. The van der Waals surface area contributed by atoms with Crippen LogP contribution in [0.5, 0.6) is 0 Å². The molecule has 1 N–H and O–H groups in total. The highest BCUT2D eigenvalue weighted by Gasteiger charge is 2.09. The molecular weight excluding hydrogens is 298 g/mol. The van der Waals surface area contributed by atoms with Crippen molar-refractivity contribution in [3.05, 3.63) is 52.7 Å². The van der Waals surface area contributed by atoms with Crippen molar-refractivity contribution in [3.63, 3.8) is 0 Å². The van der Waals surface area contributed by atoms with Gasteiger partial charge in [0.15, 0.2) is 0 Å². The average molecular weight is 313 g/mol. The summed E-state index contributed by atoms with van der Waals surface area (Å²) in [6.45, 7) is 0.668. The lowest BCUT2D eigenvalue weighted by molar-refractivity contribution is -0.122. The Bertz CT molecular complexity index is 723. The first-order valence-corrected chi connectivity index (χ1v) is 7.86. The van der Waals surface area contributed by atoms with E-state index >= 15 is 0 Å². The van der Waals surface area contributed by atoms with Gasteiger partial charge in [-0.3, -0.25) is 4.79 Å². The van der Waals surface area contributed by atoms with E-state index in [1.807, 2.05) is 47.2 Å². The number of hydrogen-bond acceptors (Lipinski definition) is 5. The molecule has 3 aromatic rings. The number of rotatable bonds is 6. The molecule has 0 bridgehead atoms. The maximum Gasteiger partial charge on any atom is 0.243 e. The van der Waals surface area contributed by atoms with E-state index in [0.29, 0.717) is 12.4 Å². The molecule has 0 aliphatic heterocycles. The second kappa shape index (κ2) is 6.95. The van der Waals surface area contributed by atoms with Gasteiger partial charge in [0, 0.05) is 17.5 Å². The van der Waals surface area contributed by atoms with E-state index in [9.17, 15) is 4.79 Å². The zero-order valence-electron chi connectivity index (χ0n) is 11.8. The Morgan fingerprint density at radius 3 is 2.86 bits per heavy atom. The predicted molar refractivity (Wildman–Crippen MR) is 84.3 cm³/mol. The van der Waals surface area contributed by atoms with Crippen LogP contribution in [0.2, 0.25) is 0 Å². The molecule has 0 saturated carbocycles. The van der Waals surface area contributed by atoms with Gasteiger partial charge in [-0.05, 0) is 28.6 Å². The molecule has 0 spiro atoms. The van der Waals surface area contributed by atoms with Gasteiger partial charge in [-0.2, -0.15) is 16.1 Å². The summed E-state index contributed by atoms with van der Waals surface area (Å²) in [5.41, 5.74) is 2.11. The number of nitrogens with zero attached hydrogens (tertiary/aromatic N) is 4. The standard InChI is InChI=1S/C15H15N5OS/c21-14(16-8-6-12-4-2-1-3-5-12)10-20-18-15(17-19-20)13-7-9-22-11-13/h1-5,7,9,11H,6,8,10H2,(H,16,21). The number of benzene rings is 1. The van der Waals surface area contributed by atoms with E-state index in [4.69, 9.17) is 0 Å². The van der Waals surface area contributed by atoms with Crippen LogP contribution in [0.3, 0.4) is 0 Å². The first-order valence-electron chi connectivity index (χ1n) is 6.92. The molecule has 0 atom stereocenters. The first kappa shape index (κ1) is 14.4. The maximum absolute atomic E-state index is 11.9. The van der Waals surface area contributed by atoms with Crippen molar-refractivity contribution in [1.82, 2.24) is 25.5 Å². The molecule has 0 aliphatic rings. The third-order valence-electron chi connectivity index (χ3n) is 3.10. The highest BCUT2D eigenvalue weighted by atomic mass is 32.1. The van der Waals surface area contributed by atoms with E-state index in [2.05, 4.69) is 20.7 Å². The van der Waals surface area contributed by atoms with Crippen LogP contribution in [0, 0.1) is 0 Å². The fourth-order valence-corrected chi connectivity index (χ4v) is 2.63. The lowest BCUT2D eigenvalue weighted by Crippen LogP contribution is -2.30. The number of nitrogens with one attached hydrogen (secondary N) is 1. The van der Waals surface area contributed by atoms with Gasteiger partial charge in [-0.15, -0.1) is 10.2 Å². The van der Waals surface area contributed by atoms with Gasteiger partial charge >= 0.3 is 0 Å². The smallest absolute Gasteiger partial charge is 0.243 e. The molecule has 1 aromatic carbocycles. The van der Waals surface area contributed by atoms with Crippen molar-refractivity contribution >= 4 is 17.2 Å². The Kier molecular flexibility index (Phi) is 4.55. The Labute approximate surface area is 131 Å². The van der Waals surface area contributed by atoms with Gasteiger partial charge in [0.05, 0.1) is 0 Å². The number of hydrogen-bond donors (Lipinski definition) is 1.